The van der Waals surface area contributed by atoms with Crippen LogP contribution in [0.1, 0.15) is 10.4 Å². The van der Waals surface area contributed by atoms with E-state index in [-0.39, 0.29) is 6.61 Å². The lowest BCUT2D eigenvalue weighted by Gasteiger charge is -2.13. The van der Waals surface area contributed by atoms with E-state index in [4.69, 9.17) is 18.9 Å². The summed E-state index contributed by atoms with van der Waals surface area (Å²) >= 11 is 0. The van der Waals surface area contributed by atoms with Crippen molar-refractivity contribution in [3.63, 3.8) is 0 Å². The Kier molecular flexibility index (Phi) is 5.45. The minimum absolute atomic E-state index is 0.0534. The van der Waals surface area contributed by atoms with E-state index in [2.05, 4.69) is 0 Å². The molecular formula is C12H16O5. The predicted molar refractivity (Wildman–Crippen MR) is 61.1 cm³/mol. The van der Waals surface area contributed by atoms with Crippen molar-refractivity contribution in [2.45, 2.75) is 6.29 Å². The minimum Gasteiger partial charge on any atom is -0.497 e. The van der Waals surface area contributed by atoms with Gasteiger partial charge in [0.15, 0.2) is 6.29 Å². The maximum atomic E-state index is 11.6. The Hall–Kier alpha value is -1.59. The van der Waals surface area contributed by atoms with E-state index in [0.717, 1.165) is 0 Å². The number of ether oxygens (including phenoxy) is 4. The van der Waals surface area contributed by atoms with E-state index in [1.54, 1.807) is 31.4 Å². The molecule has 1 aromatic rings. The highest BCUT2D eigenvalue weighted by molar-refractivity contribution is 5.89. The number of carbonyl (C=O) groups excluding carboxylic acids is 1. The lowest BCUT2D eigenvalue weighted by molar-refractivity contribution is -0.129. The number of methoxy groups -OCH3 is 3. The molecule has 1 rings (SSSR count). The Morgan fingerprint density at radius 1 is 1.12 bits per heavy atom. The second-order valence-electron chi connectivity index (χ2n) is 3.23. The monoisotopic (exact) mass is 240 g/mol. The highest BCUT2D eigenvalue weighted by atomic mass is 16.7. The molecule has 0 atom stereocenters. The zero-order chi connectivity index (χ0) is 12.7. The van der Waals surface area contributed by atoms with Crippen LogP contribution in [0.2, 0.25) is 0 Å². The van der Waals surface area contributed by atoms with Crippen molar-refractivity contribution < 1.29 is 23.7 Å². The first-order chi connectivity index (χ1) is 8.21. The van der Waals surface area contributed by atoms with Crippen molar-refractivity contribution in [2.24, 2.45) is 0 Å². The van der Waals surface area contributed by atoms with Crippen LogP contribution in [0.3, 0.4) is 0 Å². The van der Waals surface area contributed by atoms with Crippen molar-refractivity contribution >= 4 is 5.97 Å². The summed E-state index contributed by atoms with van der Waals surface area (Å²) in [5, 5.41) is 0. The Balaban J connectivity index is 2.51. The fourth-order valence-electron chi connectivity index (χ4n) is 1.19. The van der Waals surface area contributed by atoms with Gasteiger partial charge in [0.05, 0.1) is 12.7 Å². The summed E-state index contributed by atoms with van der Waals surface area (Å²) in [6.07, 6.45) is -0.544. The van der Waals surface area contributed by atoms with E-state index in [9.17, 15) is 4.79 Å². The first kappa shape index (κ1) is 13.5. The summed E-state index contributed by atoms with van der Waals surface area (Å²) in [6, 6.07) is 6.66. The van der Waals surface area contributed by atoms with Gasteiger partial charge in [-0.25, -0.2) is 4.79 Å². The first-order valence-corrected chi connectivity index (χ1v) is 5.08. The molecule has 0 spiro atoms. The van der Waals surface area contributed by atoms with Crippen LogP contribution in [-0.4, -0.2) is 40.2 Å². The molecule has 0 N–H and O–H groups in total. The molecule has 0 heterocycles. The molecule has 0 aliphatic rings. The molecule has 0 bridgehead atoms. The molecule has 0 aliphatic heterocycles. The summed E-state index contributed by atoms with van der Waals surface area (Å²) in [5.74, 6) is 0.264. The third-order valence-electron chi connectivity index (χ3n) is 2.20. The largest absolute Gasteiger partial charge is 0.497 e. The molecule has 0 saturated heterocycles. The number of esters is 1. The van der Waals surface area contributed by atoms with Crippen LogP contribution in [0.15, 0.2) is 24.3 Å². The van der Waals surface area contributed by atoms with Gasteiger partial charge in [-0.3, -0.25) is 0 Å². The molecule has 1 aromatic carbocycles. The van der Waals surface area contributed by atoms with E-state index >= 15 is 0 Å². The van der Waals surface area contributed by atoms with Gasteiger partial charge in [0.25, 0.3) is 0 Å². The molecule has 0 unspecified atom stereocenters. The minimum atomic E-state index is -0.544. The Labute approximate surface area is 100 Å². The Bertz CT molecular complexity index is 342. The van der Waals surface area contributed by atoms with E-state index in [1.807, 2.05) is 0 Å². The van der Waals surface area contributed by atoms with Gasteiger partial charge in [-0.1, -0.05) is 0 Å². The molecule has 17 heavy (non-hydrogen) atoms. The maximum absolute atomic E-state index is 11.6. The number of hydrogen-bond donors (Lipinski definition) is 0. The molecule has 0 radical (unpaired) electrons. The van der Waals surface area contributed by atoms with Crippen molar-refractivity contribution in [2.75, 3.05) is 27.9 Å². The number of rotatable bonds is 6. The highest BCUT2D eigenvalue weighted by Gasteiger charge is 2.11. The maximum Gasteiger partial charge on any atom is 0.338 e. The second kappa shape index (κ2) is 6.88. The van der Waals surface area contributed by atoms with Crippen LogP contribution >= 0.6 is 0 Å². The van der Waals surface area contributed by atoms with Crippen LogP contribution in [0.5, 0.6) is 5.75 Å². The molecule has 0 fully saturated rings. The van der Waals surface area contributed by atoms with Crippen molar-refractivity contribution in [1.82, 2.24) is 0 Å². The summed E-state index contributed by atoms with van der Waals surface area (Å²) in [7, 11) is 4.53. The molecular weight excluding hydrogens is 224 g/mol. The van der Waals surface area contributed by atoms with Gasteiger partial charge in [-0.2, -0.15) is 0 Å². The second-order valence-corrected chi connectivity index (χ2v) is 3.23. The van der Waals surface area contributed by atoms with Gasteiger partial charge >= 0.3 is 5.97 Å². The van der Waals surface area contributed by atoms with Gasteiger partial charge in [0.1, 0.15) is 12.4 Å². The summed E-state index contributed by atoms with van der Waals surface area (Å²) in [4.78, 5) is 11.6. The third-order valence-corrected chi connectivity index (χ3v) is 2.20. The predicted octanol–water partition coefficient (Wildman–Crippen LogP) is 1.47. The molecule has 5 nitrogen and oxygen atoms in total. The lowest BCUT2D eigenvalue weighted by Crippen LogP contribution is -2.22. The first-order valence-electron chi connectivity index (χ1n) is 5.08. The van der Waals surface area contributed by atoms with E-state index in [1.165, 1.54) is 14.2 Å². The molecule has 5 heteroatoms. The molecule has 0 aromatic heterocycles. The van der Waals surface area contributed by atoms with E-state index < -0.39 is 12.3 Å². The Morgan fingerprint density at radius 3 is 2.18 bits per heavy atom. The van der Waals surface area contributed by atoms with Crippen LogP contribution in [0.25, 0.3) is 0 Å². The fourth-order valence-corrected chi connectivity index (χ4v) is 1.19. The van der Waals surface area contributed by atoms with Crippen LogP contribution in [0, 0.1) is 0 Å². The zero-order valence-electron chi connectivity index (χ0n) is 10.1. The van der Waals surface area contributed by atoms with Crippen LogP contribution in [-0.2, 0) is 14.2 Å². The normalized spacial score (nSPS) is 10.4. The summed E-state index contributed by atoms with van der Waals surface area (Å²) in [6.45, 7) is 0.0534. The topological polar surface area (TPSA) is 54.0 Å². The number of hydrogen-bond acceptors (Lipinski definition) is 5. The van der Waals surface area contributed by atoms with E-state index in [0.29, 0.717) is 11.3 Å². The smallest absolute Gasteiger partial charge is 0.338 e. The standard InChI is InChI=1S/C12H16O5/c1-14-10-6-4-9(5-7-10)12(13)17-8-11(15-2)16-3/h4-7,11H,8H2,1-3H3. The number of benzene rings is 1. The fraction of sp³-hybridized carbons (Fsp3) is 0.417. The lowest BCUT2D eigenvalue weighted by atomic mass is 10.2. The van der Waals surface area contributed by atoms with Crippen LogP contribution < -0.4 is 4.74 Å². The summed E-state index contributed by atoms with van der Waals surface area (Å²) < 4.78 is 19.8. The van der Waals surface area contributed by atoms with Gasteiger partial charge in [0.2, 0.25) is 0 Å². The SMILES string of the molecule is COc1ccc(C(=O)OCC(OC)OC)cc1. The molecule has 0 amide bonds. The molecule has 0 saturated carbocycles. The summed E-state index contributed by atoms with van der Waals surface area (Å²) in [5.41, 5.74) is 0.455. The van der Waals surface area contributed by atoms with Crippen molar-refractivity contribution in [3.05, 3.63) is 29.8 Å². The van der Waals surface area contributed by atoms with Crippen molar-refractivity contribution in [3.8, 4) is 5.75 Å². The number of carbonyl (C=O) groups is 1. The van der Waals surface area contributed by atoms with Gasteiger partial charge in [0, 0.05) is 14.2 Å². The van der Waals surface area contributed by atoms with Crippen LogP contribution in [0.4, 0.5) is 0 Å². The molecule has 94 valence electrons. The highest BCUT2D eigenvalue weighted by Crippen LogP contribution is 2.12. The van der Waals surface area contributed by atoms with Crippen molar-refractivity contribution in [1.29, 1.82) is 0 Å². The van der Waals surface area contributed by atoms with Gasteiger partial charge in [-0.15, -0.1) is 0 Å². The zero-order valence-corrected chi connectivity index (χ0v) is 10.1. The Morgan fingerprint density at radius 2 is 1.71 bits per heavy atom. The van der Waals surface area contributed by atoms with Gasteiger partial charge in [-0.05, 0) is 24.3 Å². The molecule has 0 aliphatic carbocycles. The average Bonchev–Trinajstić information content (AvgIpc) is 2.39. The third kappa shape index (κ3) is 4.05. The quantitative estimate of drug-likeness (QED) is 0.556. The average molecular weight is 240 g/mol. The van der Waals surface area contributed by atoms with Gasteiger partial charge < -0.3 is 18.9 Å².